The summed E-state index contributed by atoms with van der Waals surface area (Å²) < 4.78 is 5.58. The summed E-state index contributed by atoms with van der Waals surface area (Å²) in [5, 5.41) is 4.67. The molecular weight excluding hydrogens is 276 g/mol. The number of ether oxygens (including phenoxy) is 1. The van der Waals surface area contributed by atoms with Crippen LogP contribution in [0.15, 0.2) is 17.5 Å². The molecule has 0 spiro atoms. The van der Waals surface area contributed by atoms with Crippen molar-refractivity contribution in [2.75, 3.05) is 13.2 Å². The lowest BCUT2D eigenvalue weighted by molar-refractivity contribution is -0.132. The topological polar surface area (TPSA) is 58.6 Å². The highest BCUT2D eigenvalue weighted by Crippen LogP contribution is 2.31. The molecule has 2 heterocycles. The molecule has 3 amide bonds. The second-order valence-electron chi connectivity index (χ2n) is 5.95. The molecule has 0 saturated carbocycles. The van der Waals surface area contributed by atoms with Crippen molar-refractivity contribution in [3.05, 3.63) is 22.4 Å². The fourth-order valence-electron chi connectivity index (χ4n) is 2.07. The minimum absolute atomic E-state index is 0.220. The number of hydrogen-bond donors (Lipinski definition) is 1. The standard InChI is InChI=1S/C14H20N2O3S/c1-13(2,3)19-8-7-16-11(17)14(4,15-12(16)18)10-6-5-9-20-10/h5-6,9H,7-8H2,1-4H3,(H,15,18)/t14-/m1/s1. The number of hydrogen-bond acceptors (Lipinski definition) is 4. The van der Waals surface area contributed by atoms with Gasteiger partial charge in [0.05, 0.1) is 18.8 Å². The minimum atomic E-state index is -0.951. The number of carbonyl (C=O) groups excluding carboxylic acids is 2. The normalized spacial score (nSPS) is 23.3. The van der Waals surface area contributed by atoms with Gasteiger partial charge >= 0.3 is 6.03 Å². The molecule has 0 aliphatic carbocycles. The SMILES string of the molecule is CC(C)(C)OCCN1C(=O)N[C@](C)(c2cccs2)C1=O. The molecule has 0 radical (unpaired) electrons. The summed E-state index contributed by atoms with van der Waals surface area (Å²) in [6, 6.07) is 3.37. The van der Waals surface area contributed by atoms with Gasteiger partial charge in [0.15, 0.2) is 5.54 Å². The van der Waals surface area contributed by atoms with Crippen molar-refractivity contribution in [3.63, 3.8) is 0 Å². The average molecular weight is 296 g/mol. The van der Waals surface area contributed by atoms with E-state index in [1.54, 1.807) is 6.92 Å². The number of carbonyl (C=O) groups is 2. The second kappa shape index (κ2) is 5.18. The summed E-state index contributed by atoms with van der Waals surface area (Å²) in [5.41, 5.74) is -1.23. The van der Waals surface area contributed by atoms with Crippen molar-refractivity contribution < 1.29 is 14.3 Å². The highest BCUT2D eigenvalue weighted by Gasteiger charge is 2.49. The van der Waals surface area contributed by atoms with Gasteiger partial charge in [0.2, 0.25) is 0 Å². The van der Waals surface area contributed by atoms with E-state index in [1.165, 1.54) is 16.2 Å². The van der Waals surface area contributed by atoms with E-state index in [2.05, 4.69) is 5.32 Å². The summed E-state index contributed by atoms with van der Waals surface area (Å²) in [6.45, 7) is 8.16. The maximum absolute atomic E-state index is 12.5. The van der Waals surface area contributed by atoms with E-state index >= 15 is 0 Å². The lowest BCUT2D eigenvalue weighted by Gasteiger charge is -2.22. The Hall–Kier alpha value is -1.40. The monoisotopic (exact) mass is 296 g/mol. The Morgan fingerprint density at radius 2 is 2.10 bits per heavy atom. The first-order valence-electron chi connectivity index (χ1n) is 6.56. The molecule has 0 unspecified atom stereocenters. The Labute approximate surface area is 122 Å². The zero-order chi connectivity index (χ0) is 15.0. The number of nitrogens with one attached hydrogen (secondary N) is 1. The number of rotatable bonds is 4. The third-order valence-electron chi connectivity index (χ3n) is 3.14. The number of urea groups is 1. The summed E-state index contributed by atoms with van der Waals surface area (Å²) >= 11 is 1.46. The molecule has 1 aromatic heterocycles. The Morgan fingerprint density at radius 3 is 2.65 bits per heavy atom. The Bertz CT molecular complexity index is 507. The maximum atomic E-state index is 12.5. The minimum Gasteiger partial charge on any atom is -0.374 e. The first kappa shape index (κ1) is 15.0. The summed E-state index contributed by atoms with van der Waals surface area (Å²) in [6.07, 6.45) is 0. The van der Waals surface area contributed by atoms with Crippen molar-refractivity contribution in [1.29, 1.82) is 0 Å². The fraction of sp³-hybridized carbons (Fsp3) is 0.571. The van der Waals surface area contributed by atoms with E-state index in [0.717, 1.165) is 4.88 Å². The summed E-state index contributed by atoms with van der Waals surface area (Å²) in [7, 11) is 0. The number of imide groups is 1. The number of nitrogens with zero attached hydrogens (tertiary/aromatic N) is 1. The molecule has 0 aromatic carbocycles. The van der Waals surface area contributed by atoms with E-state index in [9.17, 15) is 9.59 Å². The van der Waals surface area contributed by atoms with Crippen LogP contribution in [0.5, 0.6) is 0 Å². The molecule has 5 nitrogen and oxygen atoms in total. The molecule has 20 heavy (non-hydrogen) atoms. The first-order chi connectivity index (χ1) is 9.24. The van der Waals surface area contributed by atoms with Gasteiger partial charge in [-0.25, -0.2) is 4.79 Å². The largest absolute Gasteiger partial charge is 0.374 e. The molecule has 1 aromatic rings. The van der Waals surface area contributed by atoms with Gasteiger partial charge in [-0.15, -0.1) is 11.3 Å². The Morgan fingerprint density at radius 1 is 1.40 bits per heavy atom. The van der Waals surface area contributed by atoms with Crippen LogP contribution in [0.3, 0.4) is 0 Å². The van der Waals surface area contributed by atoms with Crippen molar-refractivity contribution in [1.82, 2.24) is 10.2 Å². The highest BCUT2D eigenvalue weighted by molar-refractivity contribution is 7.10. The lowest BCUT2D eigenvalue weighted by Crippen LogP contribution is -2.40. The molecule has 110 valence electrons. The van der Waals surface area contributed by atoms with Crippen molar-refractivity contribution in [2.24, 2.45) is 0 Å². The smallest absolute Gasteiger partial charge is 0.325 e. The highest BCUT2D eigenvalue weighted by atomic mass is 32.1. The third kappa shape index (κ3) is 2.86. The molecule has 1 aliphatic heterocycles. The van der Waals surface area contributed by atoms with E-state index in [-0.39, 0.29) is 24.1 Å². The average Bonchev–Trinajstić information content (AvgIpc) is 2.91. The molecule has 1 aliphatic rings. The van der Waals surface area contributed by atoms with Crippen LogP contribution in [-0.2, 0) is 15.1 Å². The second-order valence-corrected chi connectivity index (χ2v) is 6.90. The van der Waals surface area contributed by atoms with E-state index in [4.69, 9.17) is 4.74 Å². The van der Waals surface area contributed by atoms with Gasteiger partial charge in [-0.05, 0) is 39.1 Å². The van der Waals surface area contributed by atoms with Crippen LogP contribution in [0.2, 0.25) is 0 Å². The first-order valence-corrected chi connectivity index (χ1v) is 7.44. The zero-order valence-electron chi connectivity index (χ0n) is 12.2. The van der Waals surface area contributed by atoms with Gasteiger partial charge < -0.3 is 10.1 Å². The van der Waals surface area contributed by atoms with E-state index < -0.39 is 5.54 Å². The summed E-state index contributed by atoms with van der Waals surface area (Å²) in [5.74, 6) is -0.220. The Kier molecular flexibility index (Phi) is 3.88. The molecule has 2 rings (SSSR count). The molecule has 0 bridgehead atoms. The van der Waals surface area contributed by atoms with Crippen molar-refractivity contribution >= 4 is 23.3 Å². The quantitative estimate of drug-likeness (QED) is 0.868. The molecule has 1 saturated heterocycles. The molecule has 1 atom stereocenters. The number of thiophene rings is 1. The fourth-order valence-corrected chi connectivity index (χ4v) is 2.91. The third-order valence-corrected chi connectivity index (χ3v) is 4.23. The number of amides is 3. The van der Waals surface area contributed by atoms with E-state index in [1.807, 2.05) is 38.3 Å². The summed E-state index contributed by atoms with van der Waals surface area (Å²) in [4.78, 5) is 26.5. The van der Waals surface area contributed by atoms with Crippen molar-refractivity contribution in [2.45, 2.75) is 38.8 Å². The lowest BCUT2D eigenvalue weighted by atomic mass is 10.0. The van der Waals surface area contributed by atoms with E-state index in [0.29, 0.717) is 6.61 Å². The van der Waals surface area contributed by atoms with Crippen LogP contribution in [0.25, 0.3) is 0 Å². The van der Waals surface area contributed by atoms with Gasteiger partial charge in [0.1, 0.15) is 0 Å². The van der Waals surface area contributed by atoms with Crippen LogP contribution in [-0.4, -0.2) is 35.6 Å². The van der Waals surface area contributed by atoms with Crippen molar-refractivity contribution in [3.8, 4) is 0 Å². The Balaban J connectivity index is 2.06. The van der Waals surface area contributed by atoms with Gasteiger partial charge in [0.25, 0.3) is 5.91 Å². The molecule has 1 fully saturated rings. The van der Waals surface area contributed by atoms with Gasteiger partial charge in [0, 0.05) is 4.88 Å². The van der Waals surface area contributed by atoms with Gasteiger partial charge in [-0.1, -0.05) is 6.07 Å². The van der Waals surface area contributed by atoms with Gasteiger partial charge in [-0.3, -0.25) is 9.69 Å². The maximum Gasteiger partial charge on any atom is 0.325 e. The molecular formula is C14H20N2O3S. The molecule has 6 heteroatoms. The van der Waals surface area contributed by atoms with Crippen LogP contribution < -0.4 is 5.32 Å². The predicted octanol–water partition coefficient (Wildman–Crippen LogP) is 2.33. The van der Waals surface area contributed by atoms with Gasteiger partial charge in [-0.2, -0.15) is 0 Å². The molecule has 1 N–H and O–H groups in total. The van der Waals surface area contributed by atoms with Crippen LogP contribution in [0.4, 0.5) is 4.79 Å². The van der Waals surface area contributed by atoms with Crippen LogP contribution >= 0.6 is 11.3 Å². The predicted molar refractivity (Wildman–Crippen MR) is 77.6 cm³/mol. The van der Waals surface area contributed by atoms with Crippen LogP contribution in [0.1, 0.15) is 32.6 Å². The van der Waals surface area contributed by atoms with Crippen LogP contribution in [0, 0.1) is 0 Å². The zero-order valence-corrected chi connectivity index (χ0v) is 13.0.